The summed E-state index contributed by atoms with van der Waals surface area (Å²) in [6, 6.07) is 8.26. The molecule has 0 fully saturated rings. The van der Waals surface area contributed by atoms with Crippen molar-refractivity contribution in [1.29, 1.82) is 0 Å². The SMILES string of the molecule is CCCS(=O)(=O)O/N=C(/c1ccc(OCOc2ccc(/C(=N/OS(=O)(=O)CCC)C(F)(F)F)cc2)cc1)C(F)(F)F. The zero-order valence-electron chi connectivity index (χ0n) is 21.4. The first-order valence-corrected chi connectivity index (χ1v) is 14.7. The van der Waals surface area contributed by atoms with Crippen molar-refractivity contribution in [3.8, 4) is 11.5 Å². The van der Waals surface area contributed by atoms with Crippen molar-refractivity contribution in [3.63, 3.8) is 0 Å². The first-order chi connectivity index (χ1) is 19.0. The average molecular weight is 635 g/mol. The summed E-state index contributed by atoms with van der Waals surface area (Å²) >= 11 is 0. The fraction of sp³-hybridized carbons (Fsp3) is 0.391. The van der Waals surface area contributed by atoms with Crippen LogP contribution in [0.1, 0.15) is 37.8 Å². The number of hydrogen-bond donors (Lipinski definition) is 0. The van der Waals surface area contributed by atoms with Crippen LogP contribution in [0.4, 0.5) is 26.3 Å². The largest absolute Gasteiger partial charge is 0.458 e. The number of ether oxygens (including phenoxy) is 2. The van der Waals surface area contributed by atoms with Gasteiger partial charge >= 0.3 is 32.6 Å². The van der Waals surface area contributed by atoms with E-state index in [1.165, 1.54) is 13.8 Å². The summed E-state index contributed by atoms with van der Waals surface area (Å²) in [5.74, 6) is -0.982. The molecule has 0 saturated carbocycles. The van der Waals surface area contributed by atoms with Crippen LogP contribution < -0.4 is 9.47 Å². The number of rotatable bonds is 14. The summed E-state index contributed by atoms with van der Waals surface area (Å²) in [5, 5.41) is 5.55. The van der Waals surface area contributed by atoms with Crippen molar-refractivity contribution >= 4 is 31.7 Å². The second-order valence-corrected chi connectivity index (χ2v) is 11.3. The van der Waals surface area contributed by atoms with E-state index in [1.54, 1.807) is 0 Å². The topological polar surface area (TPSA) is 130 Å². The third kappa shape index (κ3) is 11.1. The third-order valence-corrected chi connectivity index (χ3v) is 7.06. The van der Waals surface area contributed by atoms with Crippen molar-refractivity contribution in [2.75, 3.05) is 18.3 Å². The molecule has 0 aliphatic carbocycles. The van der Waals surface area contributed by atoms with Gasteiger partial charge in [-0.05, 0) is 61.4 Å². The third-order valence-electron chi connectivity index (χ3n) is 4.64. The average Bonchev–Trinajstić information content (AvgIpc) is 2.84. The molecule has 0 unspecified atom stereocenters. The fourth-order valence-corrected chi connectivity index (χ4v) is 4.41. The van der Waals surface area contributed by atoms with Gasteiger partial charge in [0.15, 0.2) is 11.4 Å². The molecule has 0 aliphatic rings. The molecule has 0 amide bonds. The Kier molecular flexibility index (Phi) is 11.4. The summed E-state index contributed by atoms with van der Waals surface area (Å²) < 4.78 is 145. The van der Waals surface area contributed by atoms with Gasteiger partial charge < -0.3 is 9.47 Å². The van der Waals surface area contributed by atoms with E-state index in [2.05, 4.69) is 18.9 Å². The van der Waals surface area contributed by atoms with Crippen LogP contribution in [0.3, 0.4) is 0 Å². The van der Waals surface area contributed by atoms with Crippen LogP contribution in [0.5, 0.6) is 11.5 Å². The van der Waals surface area contributed by atoms with Gasteiger partial charge in [0.2, 0.25) is 6.79 Å². The van der Waals surface area contributed by atoms with E-state index in [0.29, 0.717) is 0 Å². The molecular weight excluding hydrogens is 610 g/mol. The van der Waals surface area contributed by atoms with Crippen LogP contribution in [0.15, 0.2) is 58.8 Å². The molecule has 228 valence electrons. The highest BCUT2D eigenvalue weighted by Gasteiger charge is 2.39. The van der Waals surface area contributed by atoms with Gasteiger partial charge in [0.05, 0.1) is 11.5 Å². The molecule has 0 heterocycles. The molecule has 0 radical (unpaired) electrons. The summed E-state index contributed by atoms with van der Waals surface area (Å²) in [6.07, 6.45) is -9.85. The second-order valence-electron chi connectivity index (χ2n) is 8.00. The van der Waals surface area contributed by atoms with Crippen LogP contribution in [0.25, 0.3) is 0 Å². The van der Waals surface area contributed by atoms with Crippen LogP contribution in [0, 0.1) is 0 Å². The van der Waals surface area contributed by atoms with Gasteiger partial charge in [-0.2, -0.15) is 43.2 Å². The molecule has 0 bridgehead atoms. The lowest BCUT2D eigenvalue weighted by atomic mass is 10.1. The molecule has 0 N–H and O–H groups in total. The fourth-order valence-electron chi connectivity index (χ4n) is 2.88. The van der Waals surface area contributed by atoms with Gasteiger partial charge in [-0.25, -0.2) is 0 Å². The van der Waals surface area contributed by atoms with Crippen molar-refractivity contribution < 1.29 is 61.2 Å². The predicted molar refractivity (Wildman–Crippen MR) is 135 cm³/mol. The second kappa shape index (κ2) is 13.9. The number of nitrogens with zero attached hydrogens (tertiary/aromatic N) is 2. The molecule has 10 nitrogen and oxygen atoms in total. The van der Waals surface area contributed by atoms with Gasteiger partial charge in [-0.15, -0.1) is 0 Å². The van der Waals surface area contributed by atoms with E-state index in [-0.39, 0.29) is 24.3 Å². The Hall–Kier alpha value is -3.54. The highest BCUT2D eigenvalue weighted by atomic mass is 32.2. The van der Waals surface area contributed by atoms with Crippen molar-refractivity contribution in [2.24, 2.45) is 10.3 Å². The smallest absolute Gasteiger partial charge is 0.437 e. The highest BCUT2D eigenvalue weighted by molar-refractivity contribution is 7.86. The lowest BCUT2D eigenvalue weighted by Crippen LogP contribution is -2.25. The number of oxime groups is 2. The van der Waals surface area contributed by atoms with Crippen LogP contribution in [-0.2, 0) is 28.8 Å². The van der Waals surface area contributed by atoms with E-state index in [1.807, 2.05) is 0 Å². The molecular formula is C23H24F6N2O8S2. The van der Waals surface area contributed by atoms with Crippen molar-refractivity contribution in [3.05, 3.63) is 59.7 Å². The maximum absolute atomic E-state index is 13.4. The van der Waals surface area contributed by atoms with E-state index in [0.717, 1.165) is 48.5 Å². The Morgan fingerprint density at radius 2 is 0.951 bits per heavy atom. The van der Waals surface area contributed by atoms with E-state index in [9.17, 15) is 43.2 Å². The Morgan fingerprint density at radius 1 is 0.634 bits per heavy atom. The lowest BCUT2D eigenvalue weighted by molar-refractivity contribution is -0.0606. The van der Waals surface area contributed by atoms with Gasteiger partial charge in [0.1, 0.15) is 11.5 Å². The number of alkyl halides is 6. The number of benzene rings is 2. The zero-order valence-corrected chi connectivity index (χ0v) is 23.0. The van der Waals surface area contributed by atoms with Gasteiger partial charge in [0, 0.05) is 11.1 Å². The monoisotopic (exact) mass is 634 g/mol. The Bertz CT molecular complexity index is 1310. The molecule has 0 aromatic heterocycles. The Morgan fingerprint density at radius 3 is 1.22 bits per heavy atom. The van der Waals surface area contributed by atoms with E-state index >= 15 is 0 Å². The zero-order chi connectivity index (χ0) is 30.9. The first kappa shape index (κ1) is 33.7. The minimum absolute atomic E-state index is 0.0309. The summed E-state index contributed by atoms with van der Waals surface area (Å²) in [5.41, 5.74) is -4.20. The predicted octanol–water partition coefficient (Wildman–Crippen LogP) is 5.15. The maximum Gasteiger partial charge on any atom is 0.437 e. The Balaban J connectivity index is 2.07. The van der Waals surface area contributed by atoms with E-state index < -0.39 is 73.4 Å². The van der Waals surface area contributed by atoms with Gasteiger partial charge in [0.25, 0.3) is 0 Å². The number of halogens is 6. The molecule has 0 spiro atoms. The molecule has 2 aromatic carbocycles. The highest BCUT2D eigenvalue weighted by Crippen LogP contribution is 2.26. The standard InChI is InChI=1S/C23H24F6N2O8S2/c1-3-13-40(32,33)38-30-20(22(24,25)26)16-5-9-18(10-6-16)36-15-37-19-11-7-17(8-12-19)21(23(27,28)29)31-39-41(34,35)14-4-2/h5-12H,3-4,13-15H2,1-2H3/b30-20-,31-21-. The lowest BCUT2D eigenvalue weighted by Gasteiger charge is -2.13. The number of hydrogen-bond acceptors (Lipinski definition) is 10. The van der Waals surface area contributed by atoms with Gasteiger partial charge in [-0.1, -0.05) is 24.2 Å². The Labute approximate surface area is 231 Å². The van der Waals surface area contributed by atoms with Crippen LogP contribution >= 0.6 is 0 Å². The molecule has 41 heavy (non-hydrogen) atoms. The maximum atomic E-state index is 13.4. The summed E-state index contributed by atoms with van der Waals surface area (Å²) in [6.45, 7) is 2.48. The van der Waals surface area contributed by atoms with Crippen molar-refractivity contribution in [2.45, 2.75) is 39.0 Å². The van der Waals surface area contributed by atoms with Crippen molar-refractivity contribution in [1.82, 2.24) is 0 Å². The molecule has 0 saturated heterocycles. The molecule has 2 aromatic rings. The molecule has 18 heteroatoms. The minimum atomic E-state index is -5.04. The van der Waals surface area contributed by atoms with Crippen LogP contribution in [-0.4, -0.2) is 58.9 Å². The molecule has 2 rings (SSSR count). The summed E-state index contributed by atoms with van der Waals surface area (Å²) in [4.78, 5) is 0. The quantitative estimate of drug-likeness (QED) is 0.121. The molecule has 0 atom stereocenters. The van der Waals surface area contributed by atoms with Crippen LogP contribution in [0.2, 0.25) is 0 Å². The summed E-state index contributed by atoms with van der Waals surface area (Å²) in [7, 11) is -8.58. The normalized spacial score (nSPS) is 13.6. The van der Waals surface area contributed by atoms with Gasteiger partial charge in [-0.3, -0.25) is 8.57 Å². The van der Waals surface area contributed by atoms with E-state index in [4.69, 9.17) is 9.47 Å². The molecule has 0 aliphatic heterocycles. The first-order valence-electron chi connectivity index (χ1n) is 11.6. The minimum Gasteiger partial charge on any atom is -0.458 e.